The molecule has 4 aromatic rings. The maximum absolute atomic E-state index is 13.3. The molecule has 0 unspecified atom stereocenters. The van der Waals surface area contributed by atoms with Crippen molar-refractivity contribution in [1.29, 1.82) is 0 Å². The van der Waals surface area contributed by atoms with Crippen molar-refractivity contribution in [3.8, 4) is 23.0 Å². The van der Waals surface area contributed by atoms with Crippen molar-refractivity contribution in [2.45, 2.75) is 9.79 Å². The van der Waals surface area contributed by atoms with E-state index in [2.05, 4.69) is 31.9 Å². The molecule has 0 N–H and O–H groups in total. The van der Waals surface area contributed by atoms with Crippen LogP contribution in [0.2, 0.25) is 0 Å². The van der Waals surface area contributed by atoms with E-state index in [0.717, 1.165) is 8.95 Å². The fraction of sp³-hybridized carbons (Fsp3) is 0. The molecule has 0 radical (unpaired) electrons. The molecule has 0 atom stereocenters. The number of ether oxygens (including phenoxy) is 2. The van der Waals surface area contributed by atoms with Gasteiger partial charge >= 0.3 is 0 Å². The topological polar surface area (TPSA) is 52.6 Å². The van der Waals surface area contributed by atoms with E-state index in [-0.39, 0.29) is 15.5 Å². The van der Waals surface area contributed by atoms with Crippen molar-refractivity contribution >= 4 is 41.7 Å². The molecule has 31 heavy (non-hydrogen) atoms. The lowest BCUT2D eigenvalue weighted by atomic mass is 10.3. The Morgan fingerprint density at radius 3 is 1.94 bits per heavy atom. The molecule has 0 amide bonds. The molecule has 4 rings (SSSR count). The van der Waals surface area contributed by atoms with Gasteiger partial charge in [0.05, 0.1) is 4.90 Å². The first-order valence-corrected chi connectivity index (χ1v) is 12.3. The van der Waals surface area contributed by atoms with Crippen LogP contribution in [0, 0.1) is 0 Å². The van der Waals surface area contributed by atoms with Crippen molar-refractivity contribution < 1.29 is 17.9 Å². The summed E-state index contributed by atoms with van der Waals surface area (Å²) in [5.74, 6) is 2.00. The van der Waals surface area contributed by atoms with E-state index in [1.807, 2.05) is 36.4 Å². The summed E-state index contributed by atoms with van der Waals surface area (Å²) in [5.41, 5.74) is 0. The Labute approximate surface area is 197 Å². The fourth-order valence-electron chi connectivity index (χ4n) is 2.87. The second-order valence-electron chi connectivity index (χ2n) is 6.54. The molecule has 0 saturated heterocycles. The van der Waals surface area contributed by atoms with Crippen molar-refractivity contribution in [2.75, 3.05) is 0 Å². The van der Waals surface area contributed by atoms with Gasteiger partial charge < -0.3 is 9.47 Å². The molecule has 0 saturated carbocycles. The number of sulfone groups is 1. The molecule has 7 heteroatoms. The first-order chi connectivity index (χ1) is 14.9. The summed E-state index contributed by atoms with van der Waals surface area (Å²) in [6, 6.07) is 27.5. The zero-order chi connectivity index (χ0) is 21.8. The molecule has 0 aliphatic carbocycles. The minimum Gasteiger partial charge on any atom is -0.457 e. The second kappa shape index (κ2) is 9.26. The van der Waals surface area contributed by atoms with Gasteiger partial charge in [0.15, 0.2) is 0 Å². The Hall–Kier alpha value is -2.61. The molecule has 0 spiro atoms. The first-order valence-electron chi connectivity index (χ1n) is 9.23. The Balaban J connectivity index is 1.60. The Bertz CT molecular complexity index is 1300. The van der Waals surface area contributed by atoms with Gasteiger partial charge in [-0.15, -0.1) is 0 Å². The zero-order valence-corrected chi connectivity index (χ0v) is 20.0. The van der Waals surface area contributed by atoms with Crippen LogP contribution in [-0.2, 0) is 9.84 Å². The SMILES string of the molecule is O=S(=O)(c1ccc(Oc2cccc(Br)c2)cc1)c1ccccc1Oc1ccc(Br)cc1. The molecule has 0 heterocycles. The molecule has 4 aromatic carbocycles. The van der Waals surface area contributed by atoms with Crippen molar-refractivity contribution in [1.82, 2.24) is 0 Å². The molecular formula is C24H16Br2O4S. The number of hydrogen-bond acceptors (Lipinski definition) is 4. The Morgan fingerprint density at radius 1 is 0.581 bits per heavy atom. The van der Waals surface area contributed by atoms with E-state index >= 15 is 0 Å². The Kier molecular flexibility index (Phi) is 6.46. The van der Waals surface area contributed by atoms with Crippen LogP contribution < -0.4 is 9.47 Å². The van der Waals surface area contributed by atoms with Gasteiger partial charge in [0.1, 0.15) is 27.9 Å². The molecule has 0 fully saturated rings. The Morgan fingerprint density at radius 2 is 1.23 bits per heavy atom. The van der Waals surface area contributed by atoms with E-state index < -0.39 is 9.84 Å². The van der Waals surface area contributed by atoms with Gasteiger partial charge in [-0.1, -0.05) is 50.1 Å². The highest BCUT2D eigenvalue weighted by Gasteiger charge is 2.22. The van der Waals surface area contributed by atoms with Gasteiger partial charge in [-0.3, -0.25) is 0 Å². The molecule has 4 nitrogen and oxygen atoms in total. The van der Waals surface area contributed by atoms with Gasteiger partial charge in [-0.25, -0.2) is 8.42 Å². The standard InChI is InChI=1S/C24H16Br2O4S/c25-17-8-10-20(11-9-17)30-23-6-1-2-7-24(23)31(27,28)22-14-12-19(13-15-22)29-21-5-3-4-18(26)16-21/h1-16H. The average molecular weight is 560 g/mol. The van der Waals surface area contributed by atoms with E-state index in [1.54, 1.807) is 42.5 Å². The summed E-state index contributed by atoms with van der Waals surface area (Å²) >= 11 is 6.77. The normalized spacial score (nSPS) is 11.2. The second-order valence-corrected chi connectivity index (χ2v) is 10.3. The molecular weight excluding hydrogens is 544 g/mol. The van der Waals surface area contributed by atoms with Crippen LogP contribution in [0.4, 0.5) is 0 Å². The van der Waals surface area contributed by atoms with Gasteiger partial charge in [0.25, 0.3) is 0 Å². The highest BCUT2D eigenvalue weighted by atomic mass is 79.9. The largest absolute Gasteiger partial charge is 0.457 e. The number of halogens is 2. The monoisotopic (exact) mass is 558 g/mol. The predicted octanol–water partition coefficient (Wildman–Crippen LogP) is 7.63. The molecule has 0 bridgehead atoms. The van der Waals surface area contributed by atoms with Crippen molar-refractivity contribution in [3.63, 3.8) is 0 Å². The molecule has 0 aliphatic heterocycles. The maximum atomic E-state index is 13.3. The fourth-order valence-corrected chi connectivity index (χ4v) is 4.89. The van der Waals surface area contributed by atoms with Gasteiger partial charge in [-0.2, -0.15) is 0 Å². The van der Waals surface area contributed by atoms with E-state index in [0.29, 0.717) is 17.2 Å². The lowest BCUT2D eigenvalue weighted by Crippen LogP contribution is -2.04. The van der Waals surface area contributed by atoms with Crippen LogP contribution in [-0.4, -0.2) is 8.42 Å². The highest BCUT2D eigenvalue weighted by Crippen LogP contribution is 2.34. The van der Waals surface area contributed by atoms with Gasteiger partial charge in [-0.05, 0) is 78.9 Å². The molecule has 156 valence electrons. The summed E-state index contributed by atoms with van der Waals surface area (Å²) in [7, 11) is -3.79. The quantitative estimate of drug-likeness (QED) is 0.244. The lowest BCUT2D eigenvalue weighted by Gasteiger charge is -2.12. The average Bonchev–Trinajstić information content (AvgIpc) is 2.76. The summed E-state index contributed by atoms with van der Waals surface area (Å²) in [6.45, 7) is 0. The van der Waals surface area contributed by atoms with E-state index in [9.17, 15) is 8.42 Å². The third-order valence-electron chi connectivity index (χ3n) is 4.35. The predicted molar refractivity (Wildman–Crippen MR) is 127 cm³/mol. The van der Waals surface area contributed by atoms with Crippen LogP contribution in [0.1, 0.15) is 0 Å². The van der Waals surface area contributed by atoms with Crippen LogP contribution in [0.5, 0.6) is 23.0 Å². The van der Waals surface area contributed by atoms with Crippen LogP contribution >= 0.6 is 31.9 Å². The molecule has 0 aromatic heterocycles. The third-order valence-corrected chi connectivity index (χ3v) is 7.18. The van der Waals surface area contributed by atoms with Gasteiger partial charge in [0, 0.05) is 8.95 Å². The number of hydrogen-bond donors (Lipinski definition) is 0. The smallest absolute Gasteiger partial charge is 0.210 e. The van der Waals surface area contributed by atoms with Gasteiger partial charge in [0.2, 0.25) is 9.84 Å². The number of benzene rings is 4. The highest BCUT2D eigenvalue weighted by molar-refractivity contribution is 9.10. The molecule has 0 aliphatic rings. The summed E-state index contributed by atoms with van der Waals surface area (Å²) in [4.78, 5) is 0.250. The maximum Gasteiger partial charge on any atom is 0.210 e. The van der Waals surface area contributed by atoms with Crippen LogP contribution in [0.3, 0.4) is 0 Å². The van der Waals surface area contributed by atoms with Crippen LogP contribution in [0.25, 0.3) is 0 Å². The number of rotatable bonds is 6. The first kappa shape index (κ1) is 21.6. The summed E-state index contributed by atoms with van der Waals surface area (Å²) < 4.78 is 40.0. The zero-order valence-electron chi connectivity index (χ0n) is 16.0. The van der Waals surface area contributed by atoms with E-state index in [4.69, 9.17) is 9.47 Å². The number of para-hydroxylation sites is 1. The van der Waals surface area contributed by atoms with Crippen molar-refractivity contribution in [3.05, 3.63) is 106 Å². The van der Waals surface area contributed by atoms with Crippen molar-refractivity contribution in [2.24, 2.45) is 0 Å². The summed E-state index contributed by atoms with van der Waals surface area (Å²) in [6.07, 6.45) is 0. The third kappa shape index (κ3) is 5.18. The minimum atomic E-state index is -3.79. The summed E-state index contributed by atoms with van der Waals surface area (Å²) in [5, 5.41) is 0. The lowest BCUT2D eigenvalue weighted by molar-refractivity contribution is 0.467. The van der Waals surface area contributed by atoms with E-state index in [1.165, 1.54) is 18.2 Å². The minimum absolute atomic E-state index is 0.0959. The van der Waals surface area contributed by atoms with Crippen LogP contribution in [0.15, 0.2) is 116 Å².